The lowest BCUT2D eigenvalue weighted by Crippen LogP contribution is -2.11. The second kappa shape index (κ2) is 7.23. The molecule has 122 valence electrons. The fraction of sp³-hybridized carbons (Fsp3) is 0.200. The maximum Gasteiger partial charge on any atom is 0.104 e. The third kappa shape index (κ3) is 3.44. The van der Waals surface area contributed by atoms with E-state index in [4.69, 9.17) is 5.73 Å². The zero-order chi connectivity index (χ0) is 16.9. The van der Waals surface area contributed by atoms with E-state index < -0.39 is 0 Å². The third-order valence-corrected chi connectivity index (χ3v) is 4.16. The van der Waals surface area contributed by atoms with Crippen molar-refractivity contribution in [2.75, 3.05) is 0 Å². The highest BCUT2D eigenvalue weighted by molar-refractivity contribution is 5.69. The molecule has 1 unspecified atom stereocenters. The molecule has 1 aromatic heterocycles. The van der Waals surface area contributed by atoms with Crippen molar-refractivity contribution in [3.05, 3.63) is 82.7 Å². The van der Waals surface area contributed by atoms with Crippen molar-refractivity contribution < 1.29 is 0 Å². The number of aryl methyl sites for hydroxylation is 1. The highest BCUT2D eigenvalue weighted by Gasteiger charge is 2.15. The van der Waals surface area contributed by atoms with Gasteiger partial charge >= 0.3 is 0 Å². The van der Waals surface area contributed by atoms with Gasteiger partial charge in [-0.25, -0.2) is 4.68 Å². The van der Waals surface area contributed by atoms with Gasteiger partial charge in [0, 0.05) is 6.54 Å². The van der Waals surface area contributed by atoms with E-state index >= 15 is 0 Å². The Kier molecular flexibility index (Phi) is 4.87. The Hall–Kier alpha value is -2.72. The van der Waals surface area contributed by atoms with Crippen LogP contribution < -0.4 is 5.73 Å². The van der Waals surface area contributed by atoms with Crippen LogP contribution in [0.25, 0.3) is 12.2 Å². The molecule has 0 aliphatic rings. The second-order valence-corrected chi connectivity index (χ2v) is 5.90. The van der Waals surface area contributed by atoms with Crippen molar-refractivity contribution in [3.63, 3.8) is 0 Å². The first-order valence-electron chi connectivity index (χ1n) is 8.13. The summed E-state index contributed by atoms with van der Waals surface area (Å²) in [6.07, 6.45) is 4.12. The zero-order valence-corrected chi connectivity index (χ0v) is 14.1. The van der Waals surface area contributed by atoms with E-state index in [0.717, 1.165) is 17.0 Å². The Morgan fingerprint density at radius 2 is 1.75 bits per heavy atom. The van der Waals surface area contributed by atoms with Gasteiger partial charge < -0.3 is 5.73 Å². The SMILES string of the molecule is Cc1ccc(/C=C/c2c(CN)nnn2C(C)c2ccccc2)cc1. The Morgan fingerprint density at radius 1 is 1.04 bits per heavy atom. The van der Waals surface area contributed by atoms with Gasteiger partial charge in [-0.15, -0.1) is 5.10 Å². The molecule has 3 aromatic rings. The molecule has 0 aliphatic heterocycles. The van der Waals surface area contributed by atoms with Gasteiger partial charge in [-0.3, -0.25) is 0 Å². The van der Waals surface area contributed by atoms with Gasteiger partial charge in [-0.1, -0.05) is 71.5 Å². The Bertz CT molecular complexity index is 817. The molecule has 0 saturated carbocycles. The number of rotatable bonds is 5. The smallest absolute Gasteiger partial charge is 0.104 e. The molecular weight excluding hydrogens is 296 g/mol. The van der Waals surface area contributed by atoms with Crippen LogP contribution in [0, 0.1) is 6.92 Å². The molecule has 2 aromatic carbocycles. The standard InChI is InChI=1S/C20H22N4/c1-15-8-10-17(11-9-15)12-13-20-19(14-21)22-23-24(20)16(2)18-6-4-3-5-7-18/h3-13,16H,14,21H2,1-2H3/b13-12+. The van der Waals surface area contributed by atoms with Crippen LogP contribution >= 0.6 is 0 Å². The molecular formula is C20H22N4. The molecule has 4 nitrogen and oxygen atoms in total. The predicted octanol–water partition coefficient (Wildman–Crippen LogP) is 3.82. The summed E-state index contributed by atoms with van der Waals surface area (Å²) in [6, 6.07) is 18.8. The average molecular weight is 318 g/mol. The second-order valence-electron chi connectivity index (χ2n) is 5.90. The predicted molar refractivity (Wildman–Crippen MR) is 98.3 cm³/mol. The number of hydrogen-bond acceptors (Lipinski definition) is 3. The highest BCUT2D eigenvalue weighted by atomic mass is 15.4. The average Bonchev–Trinajstić information content (AvgIpc) is 3.04. The van der Waals surface area contributed by atoms with Gasteiger partial charge in [0.25, 0.3) is 0 Å². The lowest BCUT2D eigenvalue weighted by molar-refractivity contribution is 0.539. The number of nitrogens with two attached hydrogens (primary N) is 1. The van der Waals surface area contributed by atoms with Gasteiger partial charge in [0.2, 0.25) is 0 Å². The summed E-state index contributed by atoms with van der Waals surface area (Å²) in [7, 11) is 0. The molecule has 3 rings (SSSR count). The van der Waals surface area contributed by atoms with E-state index in [1.807, 2.05) is 29.0 Å². The third-order valence-electron chi connectivity index (χ3n) is 4.16. The normalized spacial score (nSPS) is 12.6. The van der Waals surface area contributed by atoms with Crippen molar-refractivity contribution in [2.24, 2.45) is 5.73 Å². The van der Waals surface area contributed by atoms with Crippen LogP contribution in [0.3, 0.4) is 0 Å². The van der Waals surface area contributed by atoms with Crippen LogP contribution in [0.4, 0.5) is 0 Å². The fourth-order valence-corrected chi connectivity index (χ4v) is 2.66. The minimum absolute atomic E-state index is 0.0941. The lowest BCUT2D eigenvalue weighted by atomic mass is 10.1. The van der Waals surface area contributed by atoms with Gasteiger partial charge in [0.15, 0.2) is 0 Å². The fourth-order valence-electron chi connectivity index (χ4n) is 2.66. The number of nitrogens with zero attached hydrogens (tertiary/aromatic N) is 3. The van der Waals surface area contributed by atoms with Crippen molar-refractivity contribution in [2.45, 2.75) is 26.4 Å². The Labute approximate surface area is 142 Å². The van der Waals surface area contributed by atoms with Crippen molar-refractivity contribution >= 4 is 12.2 Å². The molecule has 0 fully saturated rings. The highest BCUT2D eigenvalue weighted by Crippen LogP contribution is 2.21. The number of aromatic nitrogens is 3. The molecule has 0 bridgehead atoms. The van der Waals surface area contributed by atoms with Crippen LogP contribution in [0.1, 0.15) is 41.0 Å². The van der Waals surface area contributed by atoms with Crippen LogP contribution in [-0.2, 0) is 6.54 Å². The summed E-state index contributed by atoms with van der Waals surface area (Å²) in [6.45, 7) is 4.57. The molecule has 2 N–H and O–H groups in total. The topological polar surface area (TPSA) is 56.7 Å². The van der Waals surface area contributed by atoms with Gasteiger partial charge in [-0.05, 0) is 31.1 Å². The maximum absolute atomic E-state index is 5.84. The summed E-state index contributed by atoms with van der Waals surface area (Å²) < 4.78 is 1.93. The molecule has 0 radical (unpaired) electrons. The Balaban J connectivity index is 1.94. The van der Waals surface area contributed by atoms with Crippen molar-refractivity contribution in [3.8, 4) is 0 Å². The summed E-state index contributed by atoms with van der Waals surface area (Å²) in [5, 5.41) is 8.57. The minimum atomic E-state index is 0.0941. The molecule has 1 atom stereocenters. The lowest BCUT2D eigenvalue weighted by Gasteiger charge is -2.14. The molecule has 0 amide bonds. The van der Waals surface area contributed by atoms with E-state index in [9.17, 15) is 0 Å². The molecule has 24 heavy (non-hydrogen) atoms. The largest absolute Gasteiger partial charge is 0.325 e. The number of benzene rings is 2. The van der Waals surface area contributed by atoms with Crippen LogP contribution in [0.5, 0.6) is 0 Å². The van der Waals surface area contributed by atoms with E-state index in [1.165, 1.54) is 11.1 Å². The summed E-state index contributed by atoms with van der Waals surface area (Å²) >= 11 is 0. The molecule has 4 heteroatoms. The first kappa shape index (κ1) is 16.1. The van der Waals surface area contributed by atoms with Crippen LogP contribution in [0.2, 0.25) is 0 Å². The first-order valence-corrected chi connectivity index (χ1v) is 8.13. The number of hydrogen-bond donors (Lipinski definition) is 1. The Morgan fingerprint density at radius 3 is 2.42 bits per heavy atom. The summed E-state index contributed by atoms with van der Waals surface area (Å²) in [4.78, 5) is 0. The monoisotopic (exact) mass is 318 g/mol. The van der Waals surface area contributed by atoms with E-state index in [2.05, 4.69) is 66.6 Å². The zero-order valence-electron chi connectivity index (χ0n) is 14.1. The van der Waals surface area contributed by atoms with Gasteiger partial charge in [0.05, 0.1) is 11.7 Å². The summed E-state index contributed by atoms with van der Waals surface area (Å²) in [5.74, 6) is 0. The van der Waals surface area contributed by atoms with E-state index in [-0.39, 0.29) is 6.04 Å². The van der Waals surface area contributed by atoms with Crippen LogP contribution in [0.15, 0.2) is 54.6 Å². The minimum Gasteiger partial charge on any atom is -0.325 e. The van der Waals surface area contributed by atoms with Gasteiger partial charge in [0.1, 0.15) is 5.69 Å². The van der Waals surface area contributed by atoms with Crippen molar-refractivity contribution in [1.29, 1.82) is 0 Å². The van der Waals surface area contributed by atoms with E-state index in [0.29, 0.717) is 6.54 Å². The maximum atomic E-state index is 5.84. The first-order chi connectivity index (χ1) is 11.7. The quantitative estimate of drug-likeness (QED) is 0.778. The molecule has 1 heterocycles. The van der Waals surface area contributed by atoms with Crippen molar-refractivity contribution in [1.82, 2.24) is 15.0 Å². The molecule has 0 spiro atoms. The summed E-state index contributed by atoms with van der Waals surface area (Å²) in [5.41, 5.74) is 11.2. The van der Waals surface area contributed by atoms with Gasteiger partial charge in [-0.2, -0.15) is 0 Å². The van der Waals surface area contributed by atoms with Crippen LogP contribution in [-0.4, -0.2) is 15.0 Å². The molecule has 0 aliphatic carbocycles. The van der Waals surface area contributed by atoms with E-state index in [1.54, 1.807) is 0 Å². The molecule has 0 saturated heterocycles.